The molecule has 1 spiro atoms. The topological polar surface area (TPSA) is 67.4 Å². The van der Waals surface area contributed by atoms with E-state index < -0.39 is 0 Å². The van der Waals surface area contributed by atoms with Crippen molar-refractivity contribution in [2.24, 2.45) is 11.3 Å². The maximum absolute atomic E-state index is 12.4. The summed E-state index contributed by atoms with van der Waals surface area (Å²) in [5, 5.41) is 6.60. The van der Waals surface area contributed by atoms with Crippen molar-refractivity contribution in [3.05, 3.63) is 28.2 Å². The van der Waals surface area contributed by atoms with Gasteiger partial charge in [0.2, 0.25) is 5.91 Å². The van der Waals surface area contributed by atoms with Gasteiger partial charge in [-0.25, -0.2) is 0 Å². The van der Waals surface area contributed by atoms with Crippen LogP contribution in [0.15, 0.2) is 18.2 Å². The Balaban J connectivity index is 1.33. The van der Waals surface area contributed by atoms with Crippen molar-refractivity contribution in [2.45, 2.75) is 51.5 Å². The Morgan fingerprint density at radius 2 is 1.89 bits per heavy atom. The van der Waals surface area contributed by atoms with E-state index in [1.807, 2.05) is 6.92 Å². The van der Waals surface area contributed by atoms with E-state index in [2.05, 4.69) is 10.6 Å². The summed E-state index contributed by atoms with van der Waals surface area (Å²) in [5.74, 6) is 0.453. The minimum atomic E-state index is -0.254. The third-order valence-electron chi connectivity index (χ3n) is 5.63. The molecule has 2 aliphatic carbocycles. The Labute approximate surface area is 170 Å². The third-order valence-corrected chi connectivity index (χ3v) is 6.37. The van der Waals surface area contributed by atoms with Gasteiger partial charge in [0.15, 0.2) is 6.61 Å². The summed E-state index contributed by atoms with van der Waals surface area (Å²) in [7, 11) is 0. The minimum Gasteiger partial charge on any atom is -0.484 e. The molecule has 2 aliphatic rings. The summed E-state index contributed by atoms with van der Waals surface area (Å²) in [5.41, 5.74) is 0.588. The Bertz CT molecular complexity index is 696. The molecule has 0 bridgehead atoms. The molecule has 0 aliphatic heterocycles. The monoisotopic (exact) mass is 412 g/mol. The number of ether oxygens (including phenoxy) is 1. The van der Waals surface area contributed by atoms with Crippen molar-refractivity contribution in [1.82, 2.24) is 10.6 Å². The van der Waals surface area contributed by atoms with Gasteiger partial charge in [-0.1, -0.05) is 23.2 Å². The highest BCUT2D eigenvalue weighted by Gasteiger charge is 2.45. The molecule has 3 rings (SSSR count). The van der Waals surface area contributed by atoms with Crippen LogP contribution in [0.25, 0.3) is 0 Å². The number of hydrogen-bond donors (Lipinski definition) is 2. The highest BCUT2D eigenvalue weighted by molar-refractivity contribution is 6.42. The number of rotatable bonds is 7. The van der Waals surface area contributed by atoms with Crippen molar-refractivity contribution < 1.29 is 14.3 Å². The van der Waals surface area contributed by atoms with Gasteiger partial charge >= 0.3 is 0 Å². The zero-order chi connectivity index (χ0) is 19.4. The van der Waals surface area contributed by atoms with E-state index in [4.69, 9.17) is 27.9 Å². The second kappa shape index (κ2) is 8.70. The standard InChI is InChI=1S/C20H26Cl2N2O3/c1-13(24-19(26)14-4-6-20(7-5-14)8-9-20)11-23-18(25)12-27-15-2-3-16(21)17(22)10-15/h2-3,10,13-14H,4-9,11-12H2,1H3,(H,23,25)(H,24,26). The van der Waals surface area contributed by atoms with Crippen LogP contribution in [0.2, 0.25) is 10.0 Å². The van der Waals surface area contributed by atoms with Gasteiger partial charge in [0.1, 0.15) is 5.75 Å². The van der Waals surface area contributed by atoms with E-state index in [0.717, 1.165) is 12.8 Å². The third kappa shape index (κ3) is 5.76. The van der Waals surface area contributed by atoms with Crippen LogP contribution in [0.4, 0.5) is 0 Å². The zero-order valence-corrected chi connectivity index (χ0v) is 17.0. The van der Waals surface area contributed by atoms with Gasteiger partial charge in [0.25, 0.3) is 5.91 Å². The summed E-state index contributed by atoms with van der Waals surface area (Å²) in [4.78, 5) is 24.3. The van der Waals surface area contributed by atoms with Crippen LogP contribution < -0.4 is 15.4 Å². The number of halogens is 2. The summed E-state index contributed by atoms with van der Waals surface area (Å²) < 4.78 is 5.40. The normalized spacial score (nSPS) is 19.4. The van der Waals surface area contributed by atoms with E-state index in [-0.39, 0.29) is 30.4 Å². The van der Waals surface area contributed by atoms with Crippen molar-refractivity contribution in [2.75, 3.05) is 13.2 Å². The summed E-state index contributed by atoms with van der Waals surface area (Å²) in [6, 6.07) is 4.71. The average Bonchev–Trinajstić information content (AvgIpc) is 3.40. The molecule has 1 atom stereocenters. The lowest BCUT2D eigenvalue weighted by molar-refractivity contribution is -0.127. The van der Waals surface area contributed by atoms with Gasteiger partial charge in [-0.3, -0.25) is 9.59 Å². The van der Waals surface area contributed by atoms with Crippen LogP contribution in [0.3, 0.4) is 0 Å². The SMILES string of the molecule is CC(CNC(=O)COc1ccc(Cl)c(Cl)c1)NC(=O)C1CCC2(CC1)CC2. The van der Waals surface area contributed by atoms with Gasteiger partial charge in [0.05, 0.1) is 10.0 Å². The van der Waals surface area contributed by atoms with Gasteiger partial charge in [-0.05, 0) is 63.0 Å². The molecule has 1 aromatic carbocycles. The van der Waals surface area contributed by atoms with Gasteiger partial charge in [0, 0.05) is 24.6 Å². The number of hydrogen-bond acceptors (Lipinski definition) is 3. The second-order valence-corrected chi connectivity index (χ2v) is 8.67. The predicted molar refractivity (Wildman–Crippen MR) is 106 cm³/mol. The largest absolute Gasteiger partial charge is 0.484 e. The van der Waals surface area contributed by atoms with Gasteiger partial charge in [-0.2, -0.15) is 0 Å². The number of carbonyl (C=O) groups is 2. The smallest absolute Gasteiger partial charge is 0.258 e. The van der Waals surface area contributed by atoms with Crippen LogP contribution >= 0.6 is 23.2 Å². The summed E-state index contributed by atoms with van der Waals surface area (Å²) in [6.07, 6.45) is 7.03. The van der Waals surface area contributed by atoms with Crippen LogP contribution in [-0.2, 0) is 9.59 Å². The van der Waals surface area contributed by atoms with Crippen LogP contribution in [0.5, 0.6) is 5.75 Å². The highest BCUT2D eigenvalue weighted by Crippen LogP contribution is 2.57. The minimum absolute atomic E-state index is 0.110. The second-order valence-electron chi connectivity index (χ2n) is 7.85. The van der Waals surface area contributed by atoms with Crippen molar-refractivity contribution in [3.63, 3.8) is 0 Å². The molecule has 5 nitrogen and oxygen atoms in total. The first-order chi connectivity index (χ1) is 12.9. The Morgan fingerprint density at radius 1 is 1.19 bits per heavy atom. The summed E-state index contributed by atoms with van der Waals surface area (Å²) >= 11 is 11.8. The fraction of sp³-hybridized carbons (Fsp3) is 0.600. The Kier molecular flexibility index (Phi) is 6.53. The molecule has 148 valence electrons. The molecule has 0 aromatic heterocycles. The van der Waals surface area contributed by atoms with Crippen LogP contribution in [0.1, 0.15) is 45.4 Å². The lowest BCUT2D eigenvalue weighted by atomic mass is 9.79. The maximum atomic E-state index is 12.4. The molecular formula is C20H26Cl2N2O3. The van der Waals surface area contributed by atoms with Gasteiger partial charge < -0.3 is 15.4 Å². The molecule has 0 heterocycles. The lowest BCUT2D eigenvalue weighted by Gasteiger charge is -2.28. The van der Waals surface area contributed by atoms with E-state index in [1.54, 1.807) is 18.2 Å². The maximum Gasteiger partial charge on any atom is 0.258 e. The molecule has 0 saturated heterocycles. The molecular weight excluding hydrogens is 387 g/mol. The number of benzene rings is 1. The first-order valence-corrected chi connectivity index (χ1v) is 10.3. The van der Waals surface area contributed by atoms with Crippen molar-refractivity contribution in [1.29, 1.82) is 0 Å². The average molecular weight is 413 g/mol. The molecule has 2 N–H and O–H groups in total. The molecule has 1 unspecified atom stereocenters. The highest BCUT2D eigenvalue weighted by atomic mass is 35.5. The van der Waals surface area contributed by atoms with E-state index in [0.29, 0.717) is 27.8 Å². The number of amides is 2. The molecule has 0 radical (unpaired) electrons. The molecule has 27 heavy (non-hydrogen) atoms. The Morgan fingerprint density at radius 3 is 2.52 bits per heavy atom. The first-order valence-electron chi connectivity index (χ1n) is 9.52. The molecule has 2 fully saturated rings. The first kappa shape index (κ1) is 20.3. The fourth-order valence-electron chi connectivity index (χ4n) is 3.61. The van der Waals surface area contributed by atoms with Crippen molar-refractivity contribution in [3.8, 4) is 5.75 Å². The van der Waals surface area contributed by atoms with Crippen molar-refractivity contribution >= 4 is 35.0 Å². The fourth-order valence-corrected chi connectivity index (χ4v) is 3.90. The lowest BCUT2D eigenvalue weighted by Crippen LogP contribution is -2.45. The molecule has 7 heteroatoms. The van der Waals surface area contributed by atoms with E-state index >= 15 is 0 Å². The van der Waals surface area contributed by atoms with Gasteiger partial charge in [-0.15, -0.1) is 0 Å². The number of carbonyl (C=O) groups excluding carboxylic acids is 2. The number of nitrogens with one attached hydrogen (secondary N) is 2. The zero-order valence-electron chi connectivity index (χ0n) is 15.5. The summed E-state index contributed by atoms with van der Waals surface area (Å²) in [6.45, 7) is 2.14. The van der Waals surface area contributed by atoms with E-state index in [9.17, 15) is 9.59 Å². The molecule has 1 aromatic rings. The van der Waals surface area contributed by atoms with Crippen LogP contribution in [-0.4, -0.2) is 31.0 Å². The van der Waals surface area contributed by atoms with E-state index in [1.165, 1.54) is 25.7 Å². The molecule has 2 amide bonds. The van der Waals surface area contributed by atoms with Crippen LogP contribution in [0, 0.1) is 11.3 Å². The Hall–Kier alpha value is -1.46. The molecule has 2 saturated carbocycles. The predicted octanol–water partition coefficient (Wildman–Crippen LogP) is 3.96. The quantitative estimate of drug-likeness (QED) is 0.711.